The molecule has 2 rings (SSSR count). The van der Waals surface area contributed by atoms with Crippen molar-refractivity contribution in [3.05, 3.63) is 33.8 Å². The molecule has 1 unspecified atom stereocenters. The summed E-state index contributed by atoms with van der Waals surface area (Å²) in [5, 5.41) is 1.27. The van der Waals surface area contributed by atoms with Crippen LogP contribution in [0.25, 0.3) is 0 Å². The van der Waals surface area contributed by atoms with Gasteiger partial charge in [0.2, 0.25) is 0 Å². The Hall–Kier alpha value is 0.240. The van der Waals surface area contributed by atoms with Crippen molar-refractivity contribution in [1.29, 1.82) is 0 Å². The van der Waals surface area contributed by atoms with E-state index in [0.717, 1.165) is 13.1 Å². The Morgan fingerprint density at radius 1 is 1.31 bits per heavy atom. The molecule has 1 aromatic rings. The Balaban J connectivity index is 2.00. The van der Waals surface area contributed by atoms with Crippen molar-refractivity contribution >= 4 is 39.1 Å². The van der Waals surface area contributed by atoms with E-state index in [2.05, 4.69) is 20.8 Å². The molecule has 1 aromatic carbocycles. The predicted molar refractivity (Wildman–Crippen MR) is 73.7 cm³/mol. The van der Waals surface area contributed by atoms with Crippen LogP contribution in [0.2, 0.25) is 10.0 Å². The molecule has 0 bridgehead atoms. The fourth-order valence-corrected chi connectivity index (χ4v) is 3.09. The van der Waals surface area contributed by atoms with Crippen molar-refractivity contribution in [2.75, 3.05) is 13.1 Å². The van der Waals surface area contributed by atoms with Gasteiger partial charge in [-0.15, -0.1) is 0 Å². The maximum Gasteiger partial charge on any atom is 0.0595 e. The zero-order valence-corrected chi connectivity index (χ0v) is 12.0. The maximum atomic E-state index is 6.00. The monoisotopic (exact) mass is 321 g/mol. The molecule has 1 aliphatic rings. The van der Waals surface area contributed by atoms with Crippen LogP contribution in [0.15, 0.2) is 18.2 Å². The summed E-state index contributed by atoms with van der Waals surface area (Å²) in [6.07, 6.45) is 2.54. The second-order valence-electron chi connectivity index (χ2n) is 4.22. The van der Waals surface area contributed by atoms with Crippen LogP contribution in [0.3, 0.4) is 0 Å². The lowest BCUT2D eigenvalue weighted by molar-refractivity contribution is 0.228. The summed E-state index contributed by atoms with van der Waals surface area (Å²) in [5.74, 6) is 0. The minimum Gasteiger partial charge on any atom is -0.298 e. The second-order valence-corrected chi connectivity index (χ2v) is 6.33. The number of likely N-dealkylation sites (tertiary alicyclic amines) is 1. The molecule has 0 aromatic heterocycles. The van der Waals surface area contributed by atoms with Crippen LogP contribution in [-0.4, -0.2) is 22.8 Å². The highest BCUT2D eigenvalue weighted by atomic mass is 79.9. The third-order valence-corrected chi connectivity index (χ3v) is 4.32. The summed E-state index contributed by atoms with van der Waals surface area (Å²) in [5.41, 5.74) is 1.23. The number of piperidine rings is 1. The molecule has 1 atom stereocenters. The lowest BCUT2D eigenvalue weighted by Crippen LogP contribution is -2.35. The van der Waals surface area contributed by atoms with Gasteiger partial charge in [-0.2, -0.15) is 0 Å². The van der Waals surface area contributed by atoms with Crippen molar-refractivity contribution in [3.63, 3.8) is 0 Å². The van der Waals surface area contributed by atoms with Gasteiger partial charge in [0.1, 0.15) is 0 Å². The molecule has 0 N–H and O–H groups in total. The third-order valence-electron chi connectivity index (χ3n) is 2.84. The lowest BCUT2D eigenvalue weighted by atomic mass is 10.1. The van der Waals surface area contributed by atoms with Crippen LogP contribution in [0.5, 0.6) is 0 Å². The average molecular weight is 323 g/mol. The number of halogens is 3. The van der Waals surface area contributed by atoms with Gasteiger partial charge in [-0.25, -0.2) is 0 Å². The highest BCUT2D eigenvalue weighted by Gasteiger charge is 2.17. The zero-order chi connectivity index (χ0) is 11.5. The third kappa shape index (κ3) is 3.36. The minimum atomic E-state index is 0.627. The molecule has 1 nitrogen and oxygen atoms in total. The van der Waals surface area contributed by atoms with E-state index in [9.17, 15) is 0 Å². The summed E-state index contributed by atoms with van der Waals surface area (Å²) in [7, 11) is 0. The highest BCUT2D eigenvalue weighted by Crippen LogP contribution is 2.24. The van der Waals surface area contributed by atoms with Crippen LogP contribution in [0.1, 0.15) is 18.4 Å². The Morgan fingerprint density at radius 3 is 2.81 bits per heavy atom. The Morgan fingerprint density at radius 2 is 2.12 bits per heavy atom. The number of nitrogens with zero attached hydrogens (tertiary/aromatic N) is 1. The largest absolute Gasteiger partial charge is 0.298 e. The molecule has 4 heteroatoms. The second kappa shape index (κ2) is 5.72. The normalized spacial score (nSPS) is 22.3. The van der Waals surface area contributed by atoms with E-state index in [-0.39, 0.29) is 0 Å². The maximum absolute atomic E-state index is 6.00. The summed E-state index contributed by atoms with van der Waals surface area (Å²) in [4.78, 5) is 3.08. The average Bonchev–Trinajstić information content (AvgIpc) is 2.24. The molecule has 0 radical (unpaired) electrons. The van der Waals surface area contributed by atoms with Crippen LogP contribution < -0.4 is 0 Å². The lowest BCUT2D eigenvalue weighted by Gasteiger charge is -2.29. The Kier molecular flexibility index (Phi) is 4.54. The topological polar surface area (TPSA) is 3.24 Å². The van der Waals surface area contributed by atoms with Crippen molar-refractivity contribution in [2.24, 2.45) is 0 Å². The first kappa shape index (κ1) is 12.7. The standard InChI is InChI=1S/C12H14BrCl2N/c13-10-2-1-5-16(8-10)7-9-3-4-11(14)12(15)6-9/h3-4,6,10H,1-2,5,7-8H2. The van der Waals surface area contributed by atoms with Gasteiger partial charge in [-0.05, 0) is 37.1 Å². The first-order valence-corrected chi connectivity index (χ1v) is 7.12. The fraction of sp³-hybridized carbons (Fsp3) is 0.500. The van der Waals surface area contributed by atoms with E-state index in [1.165, 1.54) is 24.9 Å². The summed E-state index contributed by atoms with van der Waals surface area (Å²) in [6.45, 7) is 3.24. The van der Waals surface area contributed by atoms with E-state index >= 15 is 0 Å². The molecule has 1 fully saturated rings. The molecular weight excluding hydrogens is 309 g/mol. The first-order valence-electron chi connectivity index (χ1n) is 5.45. The van der Waals surface area contributed by atoms with Gasteiger partial charge in [0.05, 0.1) is 10.0 Å². The summed E-state index contributed by atoms with van der Waals surface area (Å²) in [6, 6.07) is 5.88. The zero-order valence-electron chi connectivity index (χ0n) is 8.93. The predicted octanol–water partition coefficient (Wildman–Crippen LogP) is 4.35. The van der Waals surface area contributed by atoms with Gasteiger partial charge in [0.15, 0.2) is 0 Å². The number of hydrogen-bond acceptors (Lipinski definition) is 1. The van der Waals surface area contributed by atoms with Gasteiger partial charge < -0.3 is 0 Å². The van der Waals surface area contributed by atoms with Gasteiger partial charge in [-0.3, -0.25) is 4.90 Å². The number of hydrogen-bond donors (Lipinski definition) is 0. The summed E-state index contributed by atoms with van der Waals surface area (Å²) < 4.78 is 0. The quantitative estimate of drug-likeness (QED) is 0.731. The van der Waals surface area contributed by atoms with E-state index in [1.54, 1.807) is 0 Å². The van der Waals surface area contributed by atoms with E-state index in [1.807, 2.05) is 18.2 Å². The molecule has 88 valence electrons. The van der Waals surface area contributed by atoms with Crippen LogP contribution >= 0.6 is 39.1 Å². The van der Waals surface area contributed by atoms with Gasteiger partial charge in [0.25, 0.3) is 0 Å². The van der Waals surface area contributed by atoms with Crippen molar-refractivity contribution in [1.82, 2.24) is 4.90 Å². The van der Waals surface area contributed by atoms with Crippen molar-refractivity contribution < 1.29 is 0 Å². The molecule has 1 saturated heterocycles. The highest BCUT2D eigenvalue weighted by molar-refractivity contribution is 9.09. The minimum absolute atomic E-state index is 0.627. The molecule has 0 saturated carbocycles. The Labute approximate surface area is 115 Å². The number of alkyl halides is 1. The van der Waals surface area contributed by atoms with Crippen LogP contribution in [0, 0.1) is 0 Å². The molecule has 1 heterocycles. The molecule has 0 spiro atoms. The van der Waals surface area contributed by atoms with E-state index in [0.29, 0.717) is 14.9 Å². The van der Waals surface area contributed by atoms with Crippen LogP contribution in [0.4, 0.5) is 0 Å². The molecular formula is C12H14BrCl2N. The van der Waals surface area contributed by atoms with E-state index in [4.69, 9.17) is 23.2 Å². The fourth-order valence-electron chi connectivity index (χ4n) is 2.04. The van der Waals surface area contributed by atoms with Crippen LogP contribution in [-0.2, 0) is 6.54 Å². The SMILES string of the molecule is Clc1ccc(CN2CCCC(Br)C2)cc1Cl. The number of benzene rings is 1. The summed E-state index contributed by atoms with van der Waals surface area (Å²) >= 11 is 15.6. The van der Waals surface area contributed by atoms with Gasteiger partial charge >= 0.3 is 0 Å². The molecule has 16 heavy (non-hydrogen) atoms. The Bertz CT molecular complexity index is 370. The van der Waals surface area contributed by atoms with Gasteiger partial charge in [0, 0.05) is 17.9 Å². The van der Waals surface area contributed by atoms with E-state index < -0.39 is 0 Å². The van der Waals surface area contributed by atoms with Gasteiger partial charge in [-0.1, -0.05) is 45.2 Å². The van der Waals surface area contributed by atoms with Crippen molar-refractivity contribution in [3.8, 4) is 0 Å². The number of rotatable bonds is 2. The molecule has 1 aliphatic heterocycles. The first-order chi connectivity index (χ1) is 7.65. The molecule has 0 aliphatic carbocycles. The van der Waals surface area contributed by atoms with Crippen molar-refractivity contribution in [2.45, 2.75) is 24.2 Å². The molecule has 0 amide bonds. The smallest absolute Gasteiger partial charge is 0.0595 e.